The van der Waals surface area contributed by atoms with Gasteiger partial charge in [0.1, 0.15) is 0 Å². The molecule has 16 heavy (non-hydrogen) atoms. The summed E-state index contributed by atoms with van der Waals surface area (Å²) in [4.78, 5) is 7.82. The molecule has 0 spiro atoms. The van der Waals surface area contributed by atoms with Crippen LogP contribution in [0.3, 0.4) is 0 Å². The molecule has 0 radical (unpaired) electrons. The number of aliphatic imine (C=N–C) groups is 1. The van der Waals surface area contributed by atoms with E-state index in [4.69, 9.17) is 0 Å². The Labute approximate surface area is 96.8 Å². The van der Waals surface area contributed by atoms with Crippen molar-refractivity contribution in [2.75, 3.05) is 0 Å². The minimum Gasteiger partial charge on any atom is -0.359 e. The first-order valence-electron chi connectivity index (χ1n) is 5.60. The Hall–Kier alpha value is -1.57. The van der Waals surface area contributed by atoms with Crippen LogP contribution < -0.4 is 0 Å². The predicted molar refractivity (Wildman–Crippen MR) is 69.8 cm³/mol. The summed E-state index contributed by atoms with van der Waals surface area (Å²) in [5.74, 6) is 0. The molecule has 1 aromatic rings. The van der Waals surface area contributed by atoms with Crippen LogP contribution in [0.25, 0.3) is 6.08 Å². The Morgan fingerprint density at radius 2 is 1.75 bits per heavy atom. The van der Waals surface area contributed by atoms with E-state index in [2.05, 4.69) is 50.7 Å². The lowest BCUT2D eigenvalue weighted by Crippen LogP contribution is -1.82. The maximum Gasteiger partial charge on any atom is 0.0682 e. The molecule has 0 saturated carbocycles. The van der Waals surface area contributed by atoms with Crippen molar-refractivity contribution in [2.45, 2.75) is 34.6 Å². The van der Waals surface area contributed by atoms with Crippen LogP contribution in [0.4, 0.5) is 0 Å². The van der Waals surface area contributed by atoms with Gasteiger partial charge in [0, 0.05) is 17.6 Å². The van der Waals surface area contributed by atoms with Crippen molar-refractivity contribution < 1.29 is 0 Å². The second kappa shape index (κ2) is 3.78. The summed E-state index contributed by atoms with van der Waals surface area (Å²) in [6, 6.07) is 0. The van der Waals surface area contributed by atoms with Gasteiger partial charge in [-0.25, -0.2) is 0 Å². The summed E-state index contributed by atoms with van der Waals surface area (Å²) in [5.41, 5.74) is 8.67. The fourth-order valence-electron chi connectivity index (χ4n) is 1.86. The fraction of sp³-hybridized carbons (Fsp3) is 0.357. The number of nitrogens with one attached hydrogen (secondary N) is 1. The van der Waals surface area contributed by atoms with Crippen molar-refractivity contribution in [3.63, 3.8) is 0 Å². The van der Waals surface area contributed by atoms with Gasteiger partial charge in [0.15, 0.2) is 0 Å². The number of aromatic amines is 1. The smallest absolute Gasteiger partial charge is 0.0682 e. The Morgan fingerprint density at radius 1 is 1.06 bits per heavy atom. The highest BCUT2D eigenvalue weighted by atomic mass is 14.8. The third kappa shape index (κ3) is 1.64. The number of aryl methyl sites for hydroxylation is 1. The molecule has 0 bridgehead atoms. The molecule has 1 aliphatic rings. The number of hydrogen-bond donors (Lipinski definition) is 1. The van der Waals surface area contributed by atoms with E-state index in [-0.39, 0.29) is 0 Å². The molecule has 0 fully saturated rings. The molecular formula is C14H18N2. The molecule has 2 rings (SSSR count). The number of rotatable bonds is 1. The van der Waals surface area contributed by atoms with Gasteiger partial charge in [-0.2, -0.15) is 0 Å². The largest absolute Gasteiger partial charge is 0.359 e. The molecule has 84 valence electrons. The third-order valence-corrected chi connectivity index (χ3v) is 3.51. The summed E-state index contributed by atoms with van der Waals surface area (Å²) in [6.07, 6.45) is 4.07. The first-order valence-corrected chi connectivity index (χ1v) is 5.60. The number of H-pyrrole nitrogens is 1. The number of hydrogen-bond acceptors (Lipinski definition) is 1. The van der Waals surface area contributed by atoms with Crippen LogP contribution in [0.5, 0.6) is 0 Å². The Balaban J connectivity index is 2.46. The van der Waals surface area contributed by atoms with Gasteiger partial charge in [0.2, 0.25) is 0 Å². The van der Waals surface area contributed by atoms with Gasteiger partial charge in [-0.3, -0.25) is 4.99 Å². The number of aromatic nitrogens is 1. The van der Waals surface area contributed by atoms with Gasteiger partial charge in [0.05, 0.1) is 5.70 Å². The van der Waals surface area contributed by atoms with Gasteiger partial charge >= 0.3 is 0 Å². The summed E-state index contributed by atoms with van der Waals surface area (Å²) in [5, 5.41) is 0. The van der Waals surface area contributed by atoms with Crippen molar-refractivity contribution in [3.05, 3.63) is 39.4 Å². The molecule has 2 nitrogen and oxygen atoms in total. The van der Waals surface area contributed by atoms with Crippen LogP contribution in [0, 0.1) is 20.8 Å². The lowest BCUT2D eigenvalue weighted by Gasteiger charge is -1.98. The average molecular weight is 214 g/mol. The van der Waals surface area contributed by atoms with E-state index in [1.807, 2.05) is 6.21 Å². The highest BCUT2D eigenvalue weighted by Gasteiger charge is 2.11. The maximum atomic E-state index is 4.42. The van der Waals surface area contributed by atoms with Crippen LogP contribution in [0.15, 0.2) is 21.8 Å². The van der Waals surface area contributed by atoms with E-state index in [9.17, 15) is 0 Å². The van der Waals surface area contributed by atoms with Gasteiger partial charge < -0.3 is 4.98 Å². The van der Waals surface area contributed by atoms with Gasteiger partial charge in [-0.15, -0.1) is 0 Å². The zero-order chi connectivity index (χ0) is 11.9. The van der Waals surface area contributed by atoms with E-state index in [1.54, 1.807) is 0 Å². The van der Waals surface area contributed by atoms with Crippen LogP contribution in [-0.2, 0) is 0 Å². The molecule has 2 heterocycles. The normalized spacial score (nSPS) is 17.9. The van der Waals surface area contributed by atoms with Crippen LogP contribution in [0.1, 0.15) is 36.4 Å². The maximum absolute atomic E-state index is 4.42. The Kier molecular flexibility index (Phi) is 2.58. The second-order valence-corrected chi connectivity index (χ2v) is 4.51. The molecule has 0 amide bonds. The first kappa shape index (κ1) is 10.9. The zero-order valence-corrected chi connectivity index (χ0v) is 10.6. The van der Waals surface area contributed by atoms with Crippen molar-refractivity contribution in [3.8, 4) is 0 Å². The molecule has 0 saturated heterocycles. The molecule has 1 N–H and O–H groups in total. The standard InChI is InChI=1S/C14H18N2/c1-8-7-15-13(9(8)2)6-14-11(4)10(3)12(5)16-14/h6-7,16H,1-5H3/b13-6-. The second-order valence-electron chi connectivity index (χ2n) is 4.51. The van der Waals surface area contributed by atoms with Crippen molar-refractivity contribution >= 4 is 12.3 Å². The van der Waals surface area contributed by atoms with E-state index in [0.717, 1.165) is 5.70 Å². The summed E-state index contributed by atoms with van der Waals surface area (Å²) in [7, 11) is 0. The Bertz CT molecular complexity index is 525. The number of nitrogens with zero attached hydrogens (tertiary/aromatic N) is 1. The van der Waals surface area contributed by atoms with Crippen molar-refractivity contribution in [1.82, 2.24) is 4.98 Å². The quantitative estimate of drug-likeness (QED) is 0.738. The van der Waals surface area contributed by atoms with Crippen LogP contribution in [-0.4, -0.2) is 11.2 Å². The van der Waals surface area contributed by atoms with Crippen molar-refractivity contribution in [1.29, 1.82) is 0 Å². The minimum absolute atomic E-state index is 1.07. The van der Waals surface area contributed by atoms with Crippen LogP contribution >= 0.6 is 0 Å². The summed E-state index contributed by atoms with van der Waals surface area (Å²) >= 11 is 0. The van der Waals surface area contributed by atoms with Gasteiger partial charge in [-0.1, -0.05) is 0 Å². The first-order chi connectivity index (χ1) is 7.50. The summed E-state index contributed by atoms with van der Waals surface area (Å²) < 4.78 is 0. The number of allylic oxidation sites excluding steroid dienone is 2. The molecule has 0 atom stereocenters. The van der Waals surface area contributed by atoms with E-state index >= 15 is 0 Å². The molecule has 0 aliphatic carbocycles. The van der Waals surface area contributed by atoms with Crippen LogP contribution in [0.2, 0.25) is 0 Å². The highest BCUT2D eigenvalue weighted by molar-refractivity contribution is 5.87. The molecule has 0 unspecified atom stereocenters. The molecule has 2 heteroatoms. The lowest BCUT2D eigenvalue weighted by molar-refractivity contribution is 1.21. The molecule has 1 aromatic heterocycles. The molecular weight excluding hydrogens is 196 g/mol. The minimum atomic E-state index is 1.07. The Morgan fingerprint density at radius 3 is 2.19 bits per heavy atom. The third-order valence-electron chi connectivity index (χ3n) is 3.51. The average Bonchev–Trinajstić information content (AvgIpc) is 2.68. The monoisotopic (exact) mass is 214 g/mol. The SMILES string of the molecule is CC1=C(C)/C(=C/c2[nH]c(C)c(C)c2C)N=C1. The van der Waals surface area contributed by atoms with E-state index in [0.29, 0.717) is 0 Å². The molecule has 0 aromatic carbocycles. The zero-order valence-electron chi connectivity index (χ0n) is 10.6. The lowest BCUT2D eigenvalue weighted by atomic mass is 10.1. The van der Waals surface area contributed by atoms with Gasteiger partial charge in [-0.05, 0) is 63.0 Å². The summed E-state index contributed by atoms with van der Waals surface area (Å²) in [6.45, 7) is 10.6. The van der Waals surface area contributed by atoms with E-state index < -0.39 is 0 Å². The predicted octanol–water partition coefficient (Wildman–Crippen LogP) is 3.70. The molecule has 1 aliphatic heterocycles. The topological polar surface area (TPSA) is 28.1 Å². The van der Waals surface area contributed by atoms with E-state index in [1.165, 1.54) is 33.7 Å². The fourth-order valence-corrected chi connectivity index (χ4v) is 1.86. The van der Waals surface area contributed by atoms with Gasteiger partial charge in [0.25, 0.3) is 0 Å². The highest BCUT2D eigenvalue weighted by Crippen LogP contribution is 2.25. The van der Waals surface area contributed by atoms with Crippen molar-refractivity contribution in [2.24, 2.45) is 4.99 Å².